The maximum Gasteiger partial charge on any atom is 0.0244 e. The molecule has 1 aliphatic rings. The van der Waals surface area contributed by atoms with Crippen LogP contribution in [0.3, 0.4) is 0 Å². The van der Waals surface area contributed by atoms with Gasteiger partial charge in [-0.3, -0.25) is 9.80 Å². The third-order valence-electron chi connectivity index (χ3n) is 4.29. The predicted molar refractivity (Wildman–Crippen MR) is 88.4 cm³/mol. The minimum Gasteiger partial charge on any atom is -0.315 e. The van der Waals surface area contributed by atoms with E-state index in [0.29, 0.717) is 6.04 Å². The molecule has 0 spiro atoms. The van der Waals surface area contributed by atoms with E-state index in [2.05, 4.69) is 54.9 Å². The highest BCUT2D eigenvalue weighted by molar-refractivity contribution is 4.82. The van der Waals surface area contributed by atoms with Gasteiger partial charge >= 0.3 is 0 Å². The maximum absolute atomic E-state index is 3.60. The Hall–Kier alpha value is -0.160. The molecular weight excluding hydrogens is 248 g/mol. The second-order valence-electron chi connectivity index (χ2n) is 6.70. The van der Waals surface area contributed by atoms with E-state index in [-0.39, 0.29) is 0 Å². The Balaban J connectivity index is 2.32. The molecule has 1 saturated heterocycles. The first-order valence-electron chi connectivity index (χ1n) is 8.36. The molecule has 1 aliphatic heterocycles. The SMILES string of the molecule is CCCNCC(C(C)C)N1CCN(CCN(C)C)CC1. The van der Waals surface area contributed by atoms with Crippen LogP contribution < -0.4 is 5.32 Å². The zero-order valence-electron chi connectivity index (χ0n) is 14.4. The van der Waals surface area contributed by atoms with Gasteiger partial charge in [0.2, 0.25) is 0 Å². The van der Waals surface area contributed by atoms with Gasteiger partial charge in [-0.15, -0.1) is 0 Å². The van der Waals surface area contributed by atoms with Gasteiger partial charge in [0.25, 0.3) is 0 Å². The Bertz CT molecular complexity index is 235. The van der Waals surface area contributed by atoms with Crippen LogP contribution in [0.5, 0.6) is 0 Å². The van der Waals surface area contributed by atoms with Crippen molar-refractivity contribution in [1.29, 1.82) is 0 Å². The molecule has 120 valence electrons. The Labute approximate surface area is 126 Å². The highest BCUT2D eigenvalue weighted by atomic mass is 15.3. The lowest BCUT2D eigenvalue weighted by molar-refractivity contribution is 0.0728. The van der Waals surface area contributed by atoms with Crippen LogP contribution in [-0.4, -0.2) is 87.2 Å². The van der Waals surface area contributed by atoms with E-state index < -0.39 is 0 Å². The van der Waals surface area contributed by atoms with Gasteiger partial charge in [-0.1, -0.05) is 20.8 Å². The van der Waals surface area contributed by atoms with Crippen LogP contribution >= 0.6 is 0 Å². The van der Waals surface area contributed by atoms with E-state index in [1.165, 1.54) is 45.7 Å². The highest BCUT2D eigenvalue weighted by Crippen LogP contribution is 2.13. The highest BCUT2D eigenvalue weighted by Gasteiger charge is 2.25. The van der Waals surface area contributed by atoms with Gasteiger partial charge in [0.15, 0.2) is 0 Å². The summed E-state index contributed by atoms with van der Waals surface area (Å²) >= 11 is 0. The van der Waals surface area contributed by atoms with Crippen LogP contribution in [0, 0.1) is 5.92 Å². The lowest BCUT2D eigenvalue weighted by Crippen LogP contribution is -2.55. The van der Waals surface area contributed by atoms with Crippen molar-refractivity contribution in [3.05, 3.63) is 0 Å². The lowest BCUT2D eigenvalue weighted by Gasteiger charge is -2.41. The van der Waals surface area contributed by atoms with E-state index in [9.17, 15) is 0 Å². The second kappa shape index (κ2) is 9.72. The summed E-state index contributed by atoms with van der Waals surface area (Å²) in [6, 6.07) is 0.692. The van der Waals surface area contributed by atoms with Crippen molar-refractivity contribution in [1.82, 2.24) is 20.0 Å². The first kappa shape index (κ1) is 17.9. The molecule has 1 unspecified atom stereocenters. The monoisotopic (exact) mass is 284 g/mol. The molecule has 4 nitrogen and oxygen atoms in total. The summed E-state index contributed by atoms with van der Waals surface area (Å²) in [6.07, 6.45) is 1.23. The van der Waals surface area contributed by atoms with E-state index in [1.54, 1.807) is 0 Å². The molecule has 1 N–H and O–H groups in total. The molecule has 1 rings (SSSR count). The molecule has 0 bridgehead atoms. The average molecular weight is 284 g/mol. The standard InChI is InChI=1S/C16H36N4/c1-6-7-17-14-16(15(2)3)20-12-10-19(11-13-20)9-8-18(4)5/h15-17H,6-14H2,1-5H3. The number of rotatable bonds is 9. The lowest BCUT2D eigenvalue weighted by atomic mass is 10.0. The van der Waals surface area contributed by atoms with Crippen molar-refractivity contribution in [3.63, 3.8) is 0 Å². The molecule has 0 aromatic heterocycles. The van der Waals surface area contributed by atoms with Gasteiger partial charge in [-0.05, 0) is 33.0 Å². The summed E-state index contributed by atoms with van der Waals surface area (Å²) in [6.45, 7) is 16.5. The van der Waals surface area contributed by atoms with Crippen LogP contribution in [0.4, 0.5) is 0 Å². The van der Waals surface area contributed by atoms with Crippen LogP contribution in [0.25, 0.3) is 0 Å². The second-order valence-corrected chi connectivity index (χ2v) is 6.70. The summed E-state index contributed by atoms with van der Waals surface area (Å²) in [5, 5.41) is 3.60. The maximum atomic E-state index is 3.60. The van der Waals surface area contributed by atoms with Gasteiger partial charge in [0.05, 0.1) is 0 Å². The fraction of sp³-hybridized carbons (Fsp3) is 1.00. The molecule has 0 aromatic carbocycles. The summed E-state index contributed by atoms with van der Waals surface area (Å²) in [5.74, 6) is 0.729. The smallest absolute Gasteiger partial charge is 0.0244 e. The third-order valence-corrected chi connectivity index (χ3v) is 4.29. The molecule has 4 heteroatoms. The summed E-state index contributed by atoms with van der Waals surface area (Å²) < 4.78 is 0. The van der Waals surface area contributed by atoms with Crippen molar-refractivity contribution < 1.29 is 0 Å². The van der Waals surface area contributed by atoms with E-state index >= 15 is 0 Å². The van der Waals surface area contributed by atoms with E-state index in [4.69, 9.17) is 0 Å². The number of hydrogen-bond donors (Lipinski definition) is 1. The van der Waals surface area contributed by atoms with Crippen LogP contribution in [0.2, 0.25) is 0 Å². The summed E-state index contributed by atoms with van der Waals surface area (Å²) in [4.78, 5) is 7.57. The van der Waals surface area contributed by atoms with Crippen molar-refractivity contribution in [2.45, 2.75) is 33.2 Å². The van der Waals surface area contributed by atoms with Crippen molar-refractivity contribution in [2.75, 3.05) is 66.5 Å². The first-order chi connectivity index (χ1) is 9.54. The zero-order chi connectivity index (χ0) is 15.0. The fourth-order valence-electron chi connectivity index (χ4n) is 2.87. The molecule has 0 amide bonds. The summed E-state index contributed by atoms with van der Waals surface area (Å²) in [5.41, 5.74) is 0. The van der Waals surface area contributed by atoms with Crippen LogP contribution in [0.1, 0.15) is 27.2 Å². The van der Waals surface area contributed by atoms with Gasteiger partial charge in [-0.25, -0.2) is 0 Å². The first-order valence-corrected chi connectivity index (χ1v) is 8.36. The Morgan fingerprint density at radius 3 is 2.25 bits per heavy atom. The zero-order valence-corrected chi connectivity index (χ0v) is 14.4. The molecular formula is C16H36N4. The number of nitrogens with one attached hydrogen (secondary N) is 1. The molecule has 0 aromatic rings. The molecule has 1 atom stereocenters. The molecule has 0 radical (unpaired) electrons. The van der Waals surface area contributed by atoms with Gasteiger partial charge < -0.3 is 10.2 Å². The fourth-order valence-corrected chi connectivity index (χ4v) is 2.87. The van der Waals surface area contributed by atoms with E-state index in [1.807, 2.05) is 0 Å². The molecule has 1 heterocycles. The number of nitrogens with zero attached hydrogens (tertiary/aromatic N) is 3. The molecule has 20 heavy (non-hydrogen) atoms. The molecule has 1 fully saturated rings. The average Bonchev–Trinajstić information content (AvgIpc) is 2.42. The Morgan fingerprint density at radius 2 is 1.75 bits per heavy atom. The predicted octanol–water partition coefficient (Wildman–Crippen LogP) is 1.19. The quantitative estimate of drug-likeness (QED) is 0.642. The Morgan fingerprint density at radius 1 is 1.10 bits per heavy atom. The van der Waals surface area contributed by atoms with Crippen molar-refractivity contribution >= 4 is 0 Å². The normalized spacial score (nSPS) is 19.9. The Kier molecular flexibility index (Phi) is 8.69. The minimum absolute atomic E-state index is 0.692. The van der Waals surface area contributed by atoms with E-state index in [0.717, 1.165) is 19.0 Å². The largest absolute Gasteiger partial charge is 0.315 e. The number of likely N-dealkylation sites (N-methyl/N-ethyl adjacent to an activating group) is 1. The molecule has 0 aliphatic carbocycles. The number of piperazine rings is 1. The molecule has 0 saturated carbocycles. The van der Waals surface area contributed by atoms with Gasteiger partial charge in [-0.2, -0.15) is 0 Å². The number of hydrogen-bond acceptors (Lipinski definition) is 4. The van der Waals surface area contributed by atoms with Crippen molar-refractivity contribution in [2.24, 2.45) is 5.92 Å². The van der Waals surface area contributed by atoms with Crippen LogP contribution in [0.15, 0.2) is 0 Å². The topological polar surface area (TPSA) is 21.8 Å². The minimum atomic E-state index is 0.692. The van der Waals surface area contributed by atoms with Gasteiger partial charge in [0, 0.05) is 51.9 Å². The van der Waals surface area contributed by atoms with Crippen LogP contribution in [-0.2, 0) is 0 Å². The van der Waals surface area contributed by atoms with Crippen molar-refractivity contribution in [3.8, 4) is 0 Å². The third kappa shape index (κ3) is 6.53. The summed E-state index contributed by atoms with van der Waals surface area (Å²) in [7, 11) is 4.31. The van der Waals surface area contributed by atoms with Gasteiger partial charge in [0.1, 0.15) is 0 Å².